The van der Waals surface area contributed by atoms with Crippen LogP contribution < -0.4 is 0 Å². The SMILES string of the molecule is Cc1cccc(-c2ccccc2C(=O)N2CCC[C@](CO)(Cc3ccccc3F)C2)c1. The predicted octanol–water partition coefficient (Wildman–Crippen LogP) is 5.26. The molecular formula is C27H28FNO2. The van der Waals surface area contributed by atoms with Gasteiger partial charge in [0.1, 0.15) is 5.82 Å². The van der Waals surface area contributed by atoms with E-state index in [1.807, 2.05) is 60.4 Å². The van der Waals surface area contributed by atoms with Crippen LogP contribution >= 0.6 is 0 Å². The van der Waals surface area contributed by atoms with Crippen LogP contribution in [-0.2, 0) is 6.42 Å². The third-order valence-electron chi connectivity index (χ3n) is 6.29. The van der Waals surface area contributed by atoms with Gasteiger partial charge in [-0.3, -0.25) is 4.79 Å². The lowest BCUT2D eigenvalue weighted by molar-refractivity contribution is 0.0268. The van der Waals surface area contributed by atoms with Crippen LogP contribution in [0.25, 0.3) is 11.1 Å². The maximum atomic E-state index is 14.3. The highest BCUT2D eigenvalue weighted by Crippen LogP contribution is 2.35. The molecule has 4 heteroatoms. The fourth-order valence-corrected chi connectivity index (χ4v) is 4.66. The number of carbonyl (C=O) groups excluding carboxylic acids is 1. The molecule has 0 spiro atoms. The van der Waals surface area contributed by atoms with Crippen LogP contribution in [0.3, 0.4) is 0 Å². The first-order valence-electron chi connectivity index (χ1n) is 10.8. The normalized spacial score (nSPS) is 18.7. The summed E-state index contributed by atoms with van der Waals surface area (Å²) in [7, 11) is 0. The third kappa shape index (κ3) is 4.54. The van der Waals surface area contributed by atoms with Crippen molar-refractivity contribution in [2.45, 2.75) is 26.2 Å². The van der Waals surface area contributed by atoms with E-state index in [9.17, 15) is 14.3 Å². The molecular weight excluding hydrogens is 389 g/mol. The first-order valence-corrected chi connectivity index (χ1v) is 10.8. The van der Waals surface area contributed by atoms with Gasteiger partial charge in [-0.05, 0) is 55.0 Å². The number of aliphatic hydroxyl groups excluding tert-OH is 1. The number of hydrogen-bond donors (Lipinski definition) is 1. The first-order chi connectivity index (χ1) is 15.0. The molecule has 1 fully saturated rings. The van der Waals surface area contributed by atoms with E-state index in [0.717, 1.165) is 29.5 Å². The van der Waals surface area contributed by atoms with Crippen molar-refractivity contribution >= 4 is 5.91 Å². The molecule has 0 bridgehead atoms. The molecule has 3 aromatic carbocycles. The van der Waals surface area contributed by atoms with Crippen LogP contribution in [0.5, 0.6) is 0 Å². The van der Waals surface area contributed by atoms with Crippen LogP contribution in [0.15, 0.2) is 72.8 Å². The van der Waals surface area contributed by atoms with Crippen LogP contribution in [0.2, 0.25) is 0 Å². The number of aliphatic hydroxyl groups is 1. The van der Waals surface area contributed by atoms with Crippen LogP contribution in [-0.4, -0.2) is 35.6 Å². The van der Waals surface area contributed by atoms with Gasteiger partial charge in [-0.25, -0.2) is 4.39 Å². The molecule has 1 N–H and O–H groups in total. The van der Waals surface area contributed by atoms with Gasteiger partial charge in [0.15, 0.2) is 0 Å². The van der Waals surface area contributed by atoms with Gasteiger partial charge in [0.2, 0.25) is 0 Å². The molecule has 4 rings (SSSR count). The molecule has 3 nitrogen and oxygen atoms in total. The van der Waals surface area contributed by atoms with Crippen molar-refractivity contribution in [1.29, 1.82) is 0 Å². The summed E-state index contributed by atoms with van der Waals surface area (Å²) in [6.45, 7) is 3.01. The van der Waals surface area contributed by atoms with E-state index in [1.165, 1.54) is 6.07 Å². The molecule has 0 unspecified atom stereocenters. The standard InChI is InChI=1S/C27H28FNO2/c1-20-8-6-10-21(16-20)23-11-3-4-12-24(23)26(31)29-15-7-14-27(18-29,19-30)17-22-9-2-5-13-25(22)28/h2-6,8-13,16,30H,7,14-15,17-19H2,1H3/t27-/m0/s1. The van der Waals surface area contributed by atoms with E-state index in [4.69, 9.17) is 0 Å². The number of halogens is 1. The second kappa shape index (κ2) is 9.03. The van der Waals surface area contributed by atoms with Gasteiger partial charge >= 0.3 is 0 Å². The number of piperidine rings is 1. The molecule has 3 aromatic rings. The molecule has 1 amide bonds. The Bertz CT molecular complexity index is 1080. The van der Waals surface area contributed by atoms with E-state index in [1.54, 1.807) is 12.1 Å². The lowest BCUT2D eigenvalue weighted by Gasteiger charge is -2.42. The number of aryl methyl sites for hydroxylation is 1. The average molecular weight is 418 g/mol. The van der Waals surface area contributed by atoms with E-state index < -0.39 is 5.41 Å². The van der Waals surface area contributed by atoms with Gasteiger partial charge < -0.3 is 10.0 Å². The number of likely N-dealkylation sites (tertiary alicyclic amines) is 1. The summed E-state index contributed by atoms with van der Waals surface area (Å²) in [4.78, 5) is 15.4. The Morgan fingerprint density at radius 3 is 2.61 bits per heavy atom. The molecule has 1 aliphatic rings. The molecule has 0 aliphatic carbocycles. The Labute approximate surface area is 183 Å². The largest absolute Gasteiger partial charge is 0.396 e. The highest BCUT2D eigenvalue weighted by atomic mass is 19.1. The van der Waals surface area contributed by atoms with E-state index in [2.05, 4.69) is 6.07 Å². The predicted molar refractivity (Wildman–Crippen MR) is 121 cm³/mol. The smallest absolute Gasteiger partial charge is 0.254 e. The van der Waals surface area contributed by atoms with Gasteiger partial charge in [0.25, 0.3) is 5.91 Å². The van der Waals surface area contributed by atoms with E-state index in [0.29, 0.717) is 30.6 Å². The molecule has 160 valence electrons. The van der Waals surface area contributed by atoms with Crippen molar-refractivity contribution in [2.75, 3.05) is 19.7 Å². The number of carbonyl (C=O) groups is 1. The summed E-state index contributed by atoms with van der Waals surface area (Å²) < 4.78 is 14.3. The van der Waals surface area contributed by atoms with E-state index in [-0.39, 0.29) is 18.3 Å². The minimum absolute atomic E-state index is 0.0387. The summed E-state index contributed by atoms with van der Waals surface area (Å²) in [6.07, 6.45) is 1.97. The highest BCUT2D eigenvalue weighted by molar-refractivity contribution is 6.01. The van der Waals surface area contributed by atoms with Crippen LogP contribution in [0, 0.1) is 18.2 Å². The summed E-state index contributed by atoms with van der Waals surface area (Å²) in [5.74, 6) is -0.299. The summed E-state index contributed by atoms with van der Waals surface area (Å²) in [5, 5.41) is 10.3. The number of hydrogen-bond acceptors (Lipinski definition) is 2. The maximum Gasteiger partial charge on any atom is 0.254 e. The fourth-order valence-electron chi connectivity index (χ4n) is 4.66. The summed E-state index contributed by atoms with van der Waals surface area (Å²) >= 11 is 0. The summed E-state index contributed by atoms with van der Waals surface area (Å²) in [6, 6.07) is 22.5. The monoisotopic (exact) mass is 417 g/mol. The average Bonchev–Trinajstić information content (AvgIpc) is 2.80. The van der Waals surface area contributed by atoms with Crippen molar-refractivity contribution < 1.29 is 14.3 Å². The first kappa shape index (κ1) is 21.3. The van der Waals surface area contributed by atoms with Crippen LogP contribution in [0.1, 0.15) is 34.3 Å². The van der Waals surface area contributed by atoms with E-state index >= 15 is 0 Å². The minimum Gasteiger partial charge on any atom is -0.396 e. The number of amides is 1. The fraction of sp³-hybridized carbons (Fsp3) is 0.296. The van der Waals surface area contributed by atoms with Crippen molar-refractivity contribution in [2.24, 2.45) is 5.41 Å². The van der Waals surface area contributed by atoms with Gasteiger partial charge in [-0.1, -0.05) is 66.2 Å². The molecule has 0 saturated carbocycles. The Morgan fingerprint density at radius 1 is 1.06 bits per heavy atom. The zero-order valence-electron chi connectivity index (χ0n) is 17.9. The Kier molecular flexibility index (Phi) is 6.19. The Morgan fingerprint density at radius 2 is 1.84 bits per heavy atom. The summed E-state index contributed by atoms with van der Waals surface area (Å²) in [5.41, 5.74) is 3.78. The van der Waals surface area contributed by atoms with Gasteiger partial charge in [-0.15, -0.1) is 0 Å². The quantitative estimate of drug-likeness (QED) is 0.615. The molecule has 1 aliphatic heterocycles. The highest BCUT2D eigenvalue weighted by Gasteiger charge is 2.38. The molecule has 31 heavy (non-hydrogen) atoms. The molecule has 0 aromatic heterocycles. The minimum atomic E-state index is -0.533. The lowest BCUT2D eigenvalue weighted by Crippen LogP contribution is -2.49. The number of rotatable bonds is 5. The van der Waals surface area contributed by atoms with Crippen molar-refractivity contribution in [3.63, 3.8) is 0 Å². The molecule has 1 heterocycles. The van der Waals surface area contributed by atoms with Crippen LogP contribution in [0.4, 0.5) is 4.39 Å². The molecule has 1 saturated heterocycles. The topological polar surface area (TPSA) is 40.5 Å². The van der Waals surface area contributed by atoms with Gasteiger partial charge in [0, 0.05) is 24.1 Å². The third-order valence-corrected chi connectivity index (χ3v) is 6.29. The number of benzene rings is 3. The second-order valence-corrected chi connectivity index (χ2v) is 8.67. The van der Waals surface area contributed by atoms with Crippen molar-refractivity contribution in [1.82, 2.24) is 4.90 Å². The molecule has 1 atom stereocenters. The molecule has 0 radical (unpaired) electrons. The Balaban J connectivity index is 1.62. The zero-order chi connectivity index (χ0) is 21.8. The zero-order valence-corrected chi connectivity index (χ0v) is 17.9. The maximum absolute atomic E-state index is 14.3. The van der Waals surface area contributed by atoms with Gasteiger partial charge in [0.05, 0.1) is 6.61 Å². The van der Waals surface area contributed by atoms with Crippen molar-refractivity contribution in [3.05, 3.63) is 95.3 Å². The second-order valence-electron chi connectivity index (χ2n) is 8.67. The van der Waals surface area contributed by atoms with Gasteiger partial charge in [-0.2, -0.15) is 0 Å². The number of nitrogens with zero attached hydrogens (tertiary/aromatic N) is 1. The Hall–Kier alpha value is -2.98. The lowest BCUT2D eigenvalue weighted by atomic mass is 9.75. The van der Waals surface area contributed by atoms with Crippen molar-refractivity contribution in [3.8, 4) is 11.1 Å².